The van der Waals surface area contributed by atoms with E-state index in [0.717, 1.165) is 5.56 Å². The quantitative estimate of drug-likeness (QED) is 0.787. The highest BCUT2D eigenvalue weighted by atomic mass is 16.2. The van der Waals surface area contributed by atoms with Gasteiger partial charge in [-0.05, 0) is 24.6 Å². The lowest BCUT2D eigenvalue weighted by Gasteiger charge is -2.44. The first-order valence-electron chi connectivity index (χ1n) is 9.81. The Balaban J connectivity index is 2.18. The smallest absolute Gasteiger partial charge is 0.256 e. The standard InChI is InChI=1S/C24H30N2O2/c1-17(18-13-9-7-10-14-18)24(5)22(28)25(6)21(23(2,3)4)26(24)20(27)19-15-11-8-12-16-19/h7-17,21H,1-6H3/t17?,21-,24-/m0/s1. The van der Waals surface area contributed by atoms with Crippen LogP contribution in [0.1, 0.15) is 56.5 Å². The molecule has 2 aromatic carbocycles. The number of carbonyl (C=O) groups excluding carboxylic acids is 2. The molecule has 28 heavy (non-hydrogen) atoms. The zero-order valence-corrected chi connectivity index (χ0v) is 17.6. The number of rotatable bonds is 3. The average molecular weight is 379 g/mol. The van der Waals surface area contributed by atoms with Crippen molar-refractivity contribution in [1.29, 1.82) is 0 Å². The van der Waals surface area contributed by atoms with Gasteiger partial charge in [0.05, 0.1) is 0 Å². The monoisotopic (exact) mass is 378 g/mol. The molecule has 3 atom stereocenters. The molecule has 1 aliphatic rings. The molecule has 1 aliphatic heterocycles. The molecule has 2 aromatic rings. The molecule has 0 spiro atoms. The normalized spacial score (nSPS) is 23.8. The molecule has 148 valence electrons. The van der Waals surface area contributed by atoms with Crippen molar-refractivity contribution in [2.24, 2.45) is 5.41 Å². The molecule has 1 saturated heterocycles. The fraction of sp³-hybridized carbons (Fsp3) is 0.417. The number of hydrogen-bond donors (Lipinski definition) is 0. The van der Waals surface area contributed by atoms with Gasteiger partial charge < -0.3 is 9.80 Å². The molecule has 0 aliphatic carbocycles. The minimum Gasteiger partial charge on any atom is -0.323 e. The summed E-state index contributed by atoms with van der Waals surface area (Å²) in [4.78, 5) is 30.8. The van der Waals surface area contributed by atoms with Gasteiger partial charge in [-0.1, -0.05) is 76.2 Å². The van der Waals surface area contributed by atoms with Crippen LogP contribution in [0.15, 0.2) is 60.7 Å². The van der Waals surface area contributed by atoms with E-state index in [1.165, 1.54) is 0 Å². The summed E-state index contributed by atoms with van der Waals surface area (Å²) in [6.07, 6.45) is -0.330. The number of benzene rings is 2. The molecule has 0 radical (unpaired) electrons. The Morgan fingerprint density at radius 1 is 1.00 bits per heavy atom. The van der Waals surface area contributed by atoms with Crippen molar-refractivity contribution in [3.05, 3.63) is 71.8 Å². The third kappa shape index (κ3) is 3.11. The Morgan fingerprint density at radius 2 is 1.50 bits per heavy atom. The van der Waals surface area contributed by atoms with Crippen molar-refractivity contribution in [2.45, 2.75) is 52.2 Å². The summed E-state index contributed by atoms with van der Waals surface area (Å²) >= 11 is 0. The van der Waals surface area contributed by atoms with Crippen molar-refractivity contribution in [3.63, 3.8) is 0 Å². The van der Waals surface area contributed by atoms with Crippen LogP contribution in [0.5, 0.6) is 0 Å². The predicted molar refractivity (Wildman–Crippen MR) is 112 cm³/mol. The number of carbonyl (C=O) groups is 2. The SMILES string of the molecule is CC(c1ccccc1)[C@@]1(C)C(=O)N(C)[C@H](C(C)(C)C)N1C(=O)c1ccccc1. The zero-order chi connectivity index (χ0) is 20.7. The molecule has 0 bridgehead atoms. The largest absolute Gasteiger partial charge is 0.323 e. The van der Waals surface area contributed by atoms with Crippen LogP contribution in [0.25, 0.3) is 0 Å². The van der Waals surface area contributed by atoms with E-state index in [2.05, 4.69) is 20.8 Å². The molecule has 4 heteroatoms. The van der Waals surface area contributed by atoms with Crippen LogP contribution in [0.3, 0.4) is 0 Å². The maximum Gasteiger partial charge on any atom is 0.256 e. The first-order chi connectivity index (χ1) is 13.1. The lowest BCUT2D eigenvalue weighted by molar-refractivity contribution is -0.133. The van der Waals surface area contributed by atoms with Crippen molar-refractivity contribution in [2.75, 3.05) is 7.05 Å². The van der Waals surface area contributed by atoms with Crippen molar-refractivity contribution < 1.29 is 9.59 Å². The number of hydrogen-bond acceptors (Lipinski definition) is 2. The van der Waals surface area contributed by atoms with Gasteiger partial charge in [-0.15, -0.1) is 0 Å². The van der Waals surface area contributed by atoms with Crippen LogP contribution in [0.2, 0.25) is 0 Å². The molecule has 3 rings (SSSR count). The maximum absolute atomic E-state index is 13.7. The van der Waals surface area contributed by atoms with Crippen LogP contribution in [-0.2, 0) is 4.79 Å². The third-order valence-electron chi connectivity index (χ3n) is 6.02. The van der Waals surface area contributed by atoms with Crippen molar-refractivity contribution in [3.8, 4) is 0 Å². The van der Waals surface area contributed by atoms with Crippen LogP contribution >= 0.6 is 0 Å². The second-order valence-electron chi connectivity index (χ2n) is 8.98. The van der Waals surface area contributed by atoms with Crippen LogP contribution in [-0.4, -0.2) is 40.4 Å². The highest BCUT2D eigenvalue weighted by molar-refractivity contribution is 6.02. The molecular weight excluding hydrogens is 348 g/mol. The summed E-state index contributed by atoms with van der Waals surface area (Å²) in [5.74, 6) is -0.278. The molecule has 1 heterocycles. The Hall–Kier alpha value is -2.62. The van der Waals surface area contributed by atoms with Crippen molar-refractivity contribution in [1.82, 2.24) is 9.80 Å². The van der Waals surface area contributed by atoms with Gasteiger partial charge in [0.1, 0.15) is 11.7 Å². The van der Waals surface area contributed by atoms with Crippen LogP contribution in [0, 0.1) is 5.41 Å². The number of amides is 2. The van der Waals surface area contributed by atoms with Gasteiger partial charge in [0.25, 0.3) is 5.91 Å². The predicted octanol–water partition coefficient (Wildman–Crippen LogP) is 4.54. The molecule has 4 nitrogen and oxygen atoms in total. The summed E-state index contributed by atoms with van der Waals surface area (Å²) in [6.45, 7) is 10.2. The van der Waals surface area contributed by atoms with Gasteiger partial charge in [0.15, 0.2) is 0 Å². The second kappa shape index (κ2) is 7.08. The summed E-state index contributed by atoms with van der Waals surface area (Å²) < 4.78 is 0. The van der Waals surface area contributed by atoms with E-state index in [0.29, 0.717) is 5.56 Å². The van der Waals surface area contributed by atoms with Crippen molar-refractivity contribution >= 4 is 11.8 Å². The minimum absolute atomic E-state index is 0.0203. The maximum atomic E-state index is 13.7. The Bertz CT molecular complexity index is 857. The molecule has 1 unspecified atom stereocenters. The third-order valence-corrected chi connectivity index (χ3v) is 6.02. The Morgan fingerprint density at radius 3 is 2.00 bits per heavy atom. The molecule has 1 fully saturated rings. The van der Waals surface area contributed by atoms with E-state index < -0.39 is 5.54 Å². The molecular formula is C24H30N2O2. The lowest BCUT2D eigenvalue weighted by atomic mass is 9.79. The fourth-order valence-electron chi connectivity index (χ4n) is 4.47. The first kappa shape index (κ1) is 20.1. The van der Waals surface area contributed by atoms with Crippen LogP contribution < -0.4 is 0 Å². The van der Waals surface area contributed by atoms with E-state index >= 15 is 0 Å². The Kier molecular flexibility index (Phi) is 5.09. The fourth-order valence-corrected chi connectivity index (χ4v) is 4.47. The van der Waals surface area contributed by atoms with Crippen LogP contribution in [0.4, 0.5) is 0 Å². The molecule has 2 amide bonds. The average Bonchev–Trinajstić information content (AvgIpc) is 2.90. The van der Waals surface area contributed by atoms with Gasteiger partial charge in [-0.3, -0.25) is 9.59 Å². The van der Waals surface area contributed by atoms with E-state index in [1.54, 1.807) is 4.90 Å². The first-order valence-corrected chi connectivity index (χ1v) is 9.81. The van der Waals surface area contributed by atoms with Gasteiger partial charge in [-0.25, -0.2) is 0 Å². The van der Waals surface area contributed by atoms with E-state index in [-0.39, 0.29) is 29.3 Å². The van der Waals surface area contributed by atoms with Gasteiger partial charge in [0, 0.05) is 23.9 Å². The number of likely N-dealkylation sites (N-methyl/N-ethyl adjacent to an activating group) is 1. The molecule has 0 N–H and O–H groups in total. The highest BCUT2D eigenvalue weighted by Gasteiger charge is 2.60. The van der Waals surface area contributed by atoms with E-state index in [9.17, 15) is 9.59 Å². The summed E-state index contributed by atoms with van der Waals surface area (Å²) in [5.41, 5.74) is 0.391. The summed E-state index contributed by atoms with van der Waals surface area (Å²) in [7, 11) is 1.81. The van der Waals surface area contributed by atoms with E-state index in [4.69, 9.17) is 0 Å². The molecule has 0 saturated carbocycles. The van der Waals surface area contributed by atoms with E-state index in [1.807, 2.05) is 86.5 Å². The zero-order valence-electron chi connectivity index (χ0n) is 17.6. The summed E-state index contributed by atoms with van der Waals surface area (Å²) in [6, 6.07) is 19.2. The minimum atomic E-state index is -0.971. The van der Waals surface area contributed by atoms with Gasteiger partial charge >= 0.3 is 0 Å². The number of nitrogens with zero attached hydrogens (tertiary/aromatic N) is 2. The topological polar surface area (TPSA) is 40.6 Å². The molecule has 0 aromatic heterocycles. The second-order valence-corrected chi connectivity index (χ2v) is 8.98. The van der Waals surface area contributed by atoms with Gasteiger partial charge in [0.2, 0.25) is 5.91 Å². The van der Waals surface area contributed by atoms with Gasteiger partial charge in [-0.2, -0.15) is 0 Å². The lowest BCUT2D eigenvalue weighted by Crippen LogP contribution is -2.57. The summed E-state index contributed by atoms with van der Waals surface area (Å²) in [5, 5.41) is 0. The Labute approximate surface area is 168 Å². The highest BCUT2D eigenvalue weighted by Crippen LogP contribution is 2.46.